The van der Waals surface area contributed by atoms with Crippen LogP contribution in [0.25, 0.3) is 0 Å². The Morgan fingerprint density at radius 1 is 1.26 bits per heavy atom. The molecule has 4 atom stereocenters. The molecule has 2 saturated heterocycles. The van der Waals surface area contributed by atoms with Crippen LogP contribution in [-0.4, -0.2) is 42.8 Å². The second-order valence-electron chi connectivity index (χ2n) is 10.7. The molecule has 174 valence electrons. The fourth-order valence-electron chi connectivity index (χ4n) is 5.20. The van der Waals surface area contributed by atoms with E-state index in [1.807, 2.05) is 0 Å². The molecule has 8 nitrogen and oxygen atoms in total. The molecule has 9 heteroatoms. The van der Waals surface area contributed by atoms with Crippen LogP contribution in [0.15, 0.2) is 17.1 Å². The quantitative estimate of drug-likeness (QED) is 0.697. The lowest BCUT2D eigenvalue weighted by Gasteiger charge is -2.54. The van der Waals surface area contributed by atoms with Crippen LogP contribution in [0, 0.1) is 5.92 Å². The Morgan fingerprint density at radius 2 is 1.90 bits per heavy atom. The molecule has 0 bridgehead atoms. The van der Waals surface area contributed by atoms with Crippen molar-refractivity contribution in [3.05, 3.63) is 22.7 Å². The molecule has 2 aliphatic rings. The molecule has 3 heterocycles. The van der Waals surface area contributed by atoms with Gasteiger partial charge in [0.25, 0.3) is 0 Å². The van der Waals surface area contributed by atoms with Crippen molar-refractivity contribution < 1.29 is 18.4 Å². The third-order valence-electron chi connectivity index (χ3n) is 6.23. The van der Waals surface area contributed by atoms with Gasteiger partial charge >= 0.3 is 14.3 Å². The first-order chi connectivity index (χ1) is 14.3. The Balaban J connectivity index is 1.96. The van der Waals surface area contributed by atoms with Crippen molar-refractivity contribution >= 4 is 20.3 Å². The van der Waals surface area contributed by atoms with E-state index in [2.05, 4.69) is 58.8 Å². The van der Waals surface area contributed by atoms with Crippen molar-refractivity contribution in [3.8, 4) is 0 Å². The summed E-state index contributed by atoms with van der Waals surface area (Å²) in [4.78, 5) is 28.1. The molecule has 0 unspecified atom stereocenters. The molecule has 31 heavy (non-hydrogen) atoms. The summed E-state index contributed by atoms with van der Waals surface area (Å²) >= 11 is 0. The minimum absolute atomic E-state index is 0.0154. The van der Waals surface area contributed by atoms with E-state index in [1.165, 1.54) is 11.5 Å². The first kappa shape index (κ1) is 24.1. The minimum atomic E-state index is -2.64. The Kier molecular flexibility index (Phi) is 6.55. The Morgan fingerprint density at radius 3 is 2.42 bits per heavy atom. The van der Waals surface area contributed by atoms with Gasteiger partial charge in [-0.15, -0.1) is 0 Å². The van der Waals surface area contributed by atoms with Gasteiger partial charge in [0.15, 0.2) is 0 Å². The molecule has 0 aliphatic carbocycles. The lowest BCUT2D eigenvalue weighted by Crippen LogP contribution is -2.64. The summed E-state index contributed by atoms with van der Waals surface area (Å²) in [7, 11) is -2.64. The zero-order chi connectivity index (χ0) is 23.2. The van der Waals surface area contributed by atoms with Gasteiger partial charge in [0, 0.05) is 29.1 Å². The van der Waals surface area contributed by atoms with E-state index in [-0.39, 0.29) is 39.9 Å². The number of nitrogens with one attached hydrogen (secondary N) is 1. The van der Waals surface area contributed by atoms with E-state index in [1.54, 1.807) is 12.3 Å². The van der Waals surface area contributed by atoms with E-state index < -0.39 is 20.5 Å². The molecule has 0 radical (unpaired) electrons. The predicted octanol–water partition coefficient (Wildman–Crippen LogP) is 3.97. The van der Waals surface area contributed by atoms with Gasteiger partial charge in [0.2, 0.25) is 5.91 Å². The maximum Gasteiger partial charge on any atom is 0.351 e. The Hall–Kier alpha value is -1.55. The number of carbonyl (C=O) groups is 1. The SMILES string of the molecule is CCC[C@@H]1[C@@H]2O[Si](C(C)(C)C)(C(C)(C)C)OC[C@H]2O[C@H]1n1ccc(NC(C)=O)nc1=O. The topological polar surface area (TPSA) is 91.7 Å². The largest absolute Gasteiger partial charge is 0.391 e. The average Bonchev–Trinajstić information content (AvgIpc) is 2.97. The summed E-state index contributed by atoms with van der Waals surface area (Å²) in [5.74, 6) is -0.0166. The number of amides is 1. The van der Waals surface area contributed by atoms with Crippen molar-refractivity contribution in [2.45, 2.75) is 96.7 Å². The molecule has 1 N–H and O–H groups in total. The molecular formula is C22H37N3O5Si. The lowest BCUT2D eigenvalue weighted by atomic mass is 9.95. The normalized spacial score (nSPS) is 28.3. The molecule has 1 aromatic rings. The minimum Gasteiger partial charge on any atom is -0.391 e. The van der Waals surface area contributed by atoms with E-state index >= 15 is 0 Å². The highest BCUT2D eigenvalue weighted by atomic mass is 28.4. The van der Waals surface area contributed by atoms with Gasteiger partial charge in [-0.1, -0.05) is 54.9 Å². The first-order valence-corrected chi connectivity index (χ1v) is 13.0. The molecule has 2 aliphatic heterocycles. The van der Waals surface area contributed by atoms with Crippen LogP contribution in [0.3, 0.4) is 0 Å². The molecule has 3 rings (SSSR count). The molecular weight excluding hydrogens is 414 g/mol. The highest BCUT2D eigenvalue weighted by Gasteiger charge is 2.64. The summed E-state index contributed by atoms with van der Waals surface area (Å²) < 4.78 is 21.4. The van der Waals surface area contributed by atoms with Crippen molar-refractivity contribution in [2.24, 2.45) is 5.92 Å². The van der Waals surface area contributed by atoms with Crippen LogP contribution in [0.4, 0.5) is 5.82 Å². The average molecular weight is 452 g/mol. The second-order valence-corrected chi connectivity index (χ2v) is 15.5. The number of anilines is 1. The van der Waals surface area contributed by atoms with Crippen LogP contribution in [0.5, 0.6) is 0 Å². The van der Waals surface area contributed by atoms with Crippen molar-refractivity contribution in [1.29, 1.82) is 0 Å². The van der Waals surface area contributed by atoms with Gasteiger partial charge in [0.1, 0.15) is 18.1 Å². The van der Waals surface area contributed by atoms with Crippen molar-refractivity contribution in [3.63, 3.8) is 0 Å². The van der Waals surface area contributed by atoms with Crippen LogP contribution >= 0.6 is 0 Å². The van der Waals surface area contributed by atoms with Gasteiger partial charge in [0.05, 0.1) is 12.7 Å². The third-order valence-corrected chi connectivity index (χ3v) is 11.4. The monoisotopic (exact) mass is 451 g/mol. The highest BCUT2D eigenvalue weighted by Crippen LogP contribution is 2.56. The van der Waals surface area contributed by atoms with Crippen molar-refractivity contribution in [2.75, 3.05) is 11.9 Å². The van der Waals surface area contributed by atoms with Gasteiger partial charge < -0.3 is 18.9 Å². The smallest absolute Gasteiger partial charge is 0.351 e. The van der Waals surface area contributed by atoms with Crippen LogP contribution in [0.1, 0.15) is 74.5 Å². The predicted molar refractivity (Wildman–Crippen MR) is 121 cm³/mol. The standard InChI is InChI=1S/C22H37N3O5Si/c1-9-10-15-18-16(13-28-31(30-18,21(3,4)5)22(6,7)8)29-19(15)25-12-11-17(23-14(2)26)24-20(25)27/h11-12,15-16,18-19H,9-10,13H2,1-8H3,(H,23,24,26,27)/t15-,16-,18+,19-/m1/s1. The van der Waals surface area contributed by atoms with Gasteiger partial charge in [-0.05, 0) is 12.5 Å². The number of fused-ring (bicyclic) bond motifs is 1. The summed E-state index contributed by atoms with van der Waals surface area (Å²) in [5, 5.41) is 2.31. The first-order valence-electron chi connectivity index (χ1n) is 11.1. The third kappa shape index (κ3) is 4.37. The van der Waals surface area contributed by atoms with E-state index in [0.717, 1.165) is 12.8 Å². The number of rotatable bonds is 4. The molecule has 0 aromatic carbocycles. The summed E-state index contributed by atoms with van der Waals surface area (Å²) in [6.07, 6.45) is 2.62. The van der Waals surface area contributed by atoms with Gasteiger partial charge in [-0.3, -0.25) is 9.36 Å². The molecule has 1 aromatic heterocycles. The number of hydrogen-bond donors (Lipinski definition) is 1. The zero-order valence-corrected chi connectivity index (χ0v) is 21.0. The van der Waals surface area contributed by atoms with Crippen LogP contribution in [0.2, 0.25) is 10.1 Å². The van der Waals surface area contributed by atoms with Crippen molar-refractivity contribution in [1.82, 2.24) is 9.55 Å². The summed E-state index contributed by atoms with van der Waals surface area (Å²) in [6.45, 7) is 17.2. The summed E-state index contributed by atoms with van der Waals surface area (Å²) in [5.41, 5.74) is -0.452. The molecule has 1 amide bonds. The maximum absolute atomic E-state index is 12.8. The maximum atomic E-state index is 12.8. The molecule has 0 spiro atoms. The Bertz CT molecular complexity index is 859. The molecule has 0 saturated carbocycles. The van der Waals surface area contributed by atoms with Crippen LogP contribution in [-0.2, 0) is 18.4 Å². The fraction of sp³-hybridized carbons (Fsp3) is 0.773. The van der Waals surface area contributed by atoms with Gasteiger partial charge in [-0.2, -0.15) is 4.98 Å². The Labute approximate surface area is 185 Å². The van der Waals surface area contributed by atoms with E-state index in [9.17, 15) is 9.59 Å². The number of nitrogens with zero attached hydrogens (tertiary/aromatic N) is 2. The van der Waals surface area contributed by atoms with E-state index in [4.69, 9.17) is 13.6 Å². The lowest BCUT2D eigenvalue weighted by molar-refractivity contribution is -0.114. The number of hydrogen-bond acceptors (Lipinski definition) is 6. The van der Waals surface area contributed by atoms with Crippen LogP contribution < -0.4 is 11.0 Å². The summed E-state index contributed by atoms with van der Waals surface area (Å²) in [6, 6.07) is 1.62. The highest BCUT2D eigenvalue weighted by molar-refractivity contribution is 6.73. The molecule has 2 fully saturated rings. The fourth-order valence-corrected chi connectivity index (χ4v) is 10.2. The number of ether oxygens (including phenoxy) is 1. The second kappa shape index (κ2) is 8.42. The van der Waals surface area contributed by atoms with Gasteiger partial charge in [-0.25, -0.2) is 4.79 Å². The zero-order valence-electron chi connectivity index (χ0n) is 20.0. The number of aromatic nitrogens is 2. The number of carbonyl (C=O) groups excluding carboxylic acids is 1. The van der Waals surface area contributed by atoms with E-state index in [0.29, 0.717) is 6.61 Å².